The topological polar surface area (TPSA) is 61.4 Å². The van der Waals surface area contributed by atoms with Crippen molar-refractivity contribution in [2.75, 3.05) is 26.2 Å². The molecule has 0 aromatic carbocycles. The first-order valence-corrected chi connectivity index (χ1v) is 8.37. The Morgan fingerprint density at radius 1 is 1.17 bits per heavy atom. The van der Waals surface area contributed by atoms with Crippen LogP contribution in [0.2, 0.25) is 0 Å². The highest BCUT2D eigenvalue weighted by Gasteiger charge is 2.32. The van der Waals surface area contributed by atoms with Crippen LogP contribution >= 0.6 is 0 Å². The number of urea groups is 1. The number of hydrogen-bond donors (Lipinski definition) is 2. The van der Waals surface area contributed by atoms with E-state index in [1.54, 1.807) is 0 Å². The van der Waals surface area contributed by atoms with Gasteiger partial charge in [-0.05, 0) is 38.0 Å². The first kappa shape index (κ1) is 18.6. The predicted molar refractivity (Wildman–Crippen MR) is 83.2 cm³/mol. The van der Waals surface area contributed by atoms with Gasteiger partial charge in [-0.25, -0.2) is 4.79 Å². The zero-order chi connectivity index (χ0) is 17.6. The third-order valence-corrected chi connectivity index (χ3v) is 4.46. The van der Waals surface area contributed by atoms with E-state index in [0.29, 0.717) is 31.8 Å². The molecule has 0 aromatic rings. The molecule has 0 spiro atoms. The molecule has 1 aliphatic heterocycles. The maximum Gasteiger partial charge on any atom is 0.405 e. The largest absolute Gasteiger partial charge is 0.405 e. The maximum absolute atomic E-state index is 12.2. The number of nitrogens with zero attached hydrogens (tertiary/aromatic N) is 1. The summed E-state index contributed by atoms with van der Waals surface area (Å²) >= 11 is 0. The molecule has 0 radical (unpaired) electrons. The molecule has 8 heteroatoms. The van der Waals surface area contributed by atoms with Crippen LogP contribution in [0, 0.1) is 11.8 Å². The molecule has 2 N–H and O–H groups in total. The number of amides is 3. The second-order valence-corrected chi connectivity index (χ2v) is 6.45. The molecule has 2 aliphatic rings. The minimum atomic E-state index is -4.42. The molecule has 0 saturated carbocycles. The molecule has 2 atom stereocenters. The van der Waals surface area contributed by atoms with Crippen molar-refractivity contribution >= 4 is 11.9 Å². The lowest BCUT2D eigenvalue weighted by atomic mass is 9.94. The van der Waals surface area contributed by atoms with Gasteiger partial charge in [0.1, 0.15) is 6.54 Å². The number of halogens is 3. The van der Waals surface area contributed by atoms with Crippen LogP contribution in [0.3, 0.4) is 0 Å². The summed E-state index contributed by atoms with van der Waals surface area (Å²) in [6.07, 6.45) is 3.95. The third kappa shape index (κ3) is 6.05. The van der Waals surface area contributed by atoms with E-state index in [9.17, 15) is 22.8 Å². The van der Waals surface area contributed by atoms with Gasteiger partial charge in [0.2, 0.25) is 5.91 Å². The standard InChI is InChI=1S/C16H24F3N3O2/c17-16(18,19)11-21-14(23)13-7-4-8-22(10-13)15(24)20-9-12-5-2-1-3-6-12/h1-2,12-13H,3-11H2,(H,20,24)(H,21,23)/t12-,13-/m1/s1. The zero-order valence-electron chi connectivity index (χ0n) is 13.6. The van der Waals surface area contributed by atoms with Gasteiger partial charge in [-0.1, -0.05) is 12.2 Å². The smallest absolute Gasteiger partial charge is 0.347 e. The molecule has 1 heterocycles. The Hall–Kier alpha value is -1.73. The third-order valence-electron chi connectivity index (χ3n) is 4.46. The van der Waals surface area contributed by atoms with Crippen molar-refractivity contribution in [2.45, 2.75) is 38.3 Å². The number of carbonyl (C=O) groups excluding carboxylic acids is 2. The number of carbonyl (C=O) groups is 2. The molecule has 3 amide bonds. The first-order valence-electron chi connectivity index (χ1n) is 8.37. The monoisotopic (exact) mass is 347 g/mol. The van der Waals surface area contributed by atoms with Crippen LogP contribution in [-0.2, 0) is 4.79 Å². The van der Waals surface area contributed by atoms with E-state index in [1.165, 1.54) is 4.90 Å². The molecule has 1 fully saturated rings. The molecule has 2 rings (SSSR count). The summed E-state index contributed by atoms with van der Waals surface area (Å²) < 4.78 is 36.5. The Kier molecular flexibility index (Phi) is 6.51. The highest BCUT2D eigenvalue weighted by molar-refractivity contribution is 5.80. The van der Waals surface area contributed by atoms with Gasteiger partial charge in [0.15, 0.2) is 0 Å². The number of rotatable bonds is 4. The van der Waals surface area contributed by atoms with Gasteiger partial charge in [-0.2, -0.15) is 13.2 Å². The lowest BCUT2D eigenvalue weighted by Gasteiger charge is -2.32. The van der Waals surface area contributed by atoms with E-state index in [-0.39, 0.29) is 12.6 Å². The second kappa shape index (κ2) is 8.39. The molecule has 0 bridgehead atoms. The first-order chi connectivity index (χ1) is 11.3. The zero-order valence-corrected chi connectivity index (χ0v) is 13.6. The van der Waals surface area contributed by atoms with E-state index in [1.807, 2.05) is 5.32 Å². The van der Waals surface area contributed by atoms with Crippen molar-refractivity contribution in [2.24, 2.45) is 11.8 Å². The van der Waals surface area contributed by atoms with Crippen molar-refractivity contribution in [3.05, 3.63) is 12.2 Å². The molecular weight excluding hydrogens is 323 g/mol. The summed E-state index contributed by atoms with van der Waals surface area (Å²) in [7, 11) is 0. The van der Waals surface area contributed by atoms with Crippen molar-refractivity contribution < 1.29 is 22.8 Å². The van der Waals surface area contributed by atoms with Crippen LogP contribution < -0.4 is 10.6 Å². The Morgan fingerprint density at radius 2 is 1.96 bits per heavy atom. The Morgan fingerprint density at radius 3 is 2.62 bits per heavy atom. The number of nitrogens with one attached hydrogen (secondary N) is 2. The number of hydrogen-bond acceptors (Lipinski definition) is 2. The van der Waals surface area contributed by atoms with Gasteiger partial charge < -0.3 is 15.5 Å². The molecule has 136 valence electrons. The van der Waals surface area contributed by atoms with Gasteiger partial charge in [0, 0.05) is 19.6 Å². The summed E-state index contributed by atoms with van der Waals surface area (Å²) in [4.78, 5) is 25.6. The van der Waals surface area contributed by atoms with E-state index in [2.05, 4.69) is 17.5 Å². The van der Waals surface area contributed by atoms with Gasteiger partial charge >= 0.3 is 12.2 Å². The summed E-state index contributed by atoms with van der Waals surface area (Å²) in [6.45, 7) is -0.0477. The average molecular weight is 347 g/mol. The number of alkyl halides is 3. The molecular formula is C16H24F3N3O2. The number of likely N-dealkylation sites (tertiary alicyclic amines) is 1. The minimum absolute atomic E-state index is 0.167. The van der Waals surface area contributed by atoms with Crippen LogP contribution in [-0.4, -0.2) is 49.2 Å². The summed E-state index contributed by atoms with van der Waals surface area (Å²) in [5.74, 6) is -0.790. The highest BCUT2D eigenvalue weighted by atomic mass is 19.4. The van der Waals surface area contributed by atoms with Crippen LogP contribution in [0.5, 0.6) is 0 Å². The fourth-order valence-electron chi connectivity index (χ4n) is 3.09. The van der Waals surface area contributed by atoms with E-state index in [4.69, 9.17) is 0 Å². The van der Waals surface area contributed by atoms with Gasteiger partial charge in [0.25, 0.3) is 0 Å². The Balaban J connectivity index is 1.75. The van der Waals surface area contributed by atoms with Crippen LogP contribution in [0.1, 0.15) is 32.1 Å². The van der Waals surface area contributed by atoms with Gasteiger partial charge in [-0.15, -0.1) is 0 Å². The van der Waals surface area contributed by atoms with E-state index >= 15 is 0 Å². The van der Waals surface area contributed by atoms with Crippen LogP contribution in [0.15, 0.2) is 12.2 Å². The summed E-state index contributed by atoms with van der Waals surface area (Å²) in [5.41, 5.74) is 0. The Labute approximate surface area is 139 Å². The molecule has 1 aliphatic carbocycles. The van der Waals surface area contributed by atoms with Gasteiger partial charge in [-0.3, -0.25) is 4.79 Å². The predicted octanol–water partition coefficient (Wildman–Crippen LogP) is 2.44. The maximum atomic E-state index is 12.2. The summed E-state index contributed by atoms with van der Waals surface area (Å²) in [5, 5.41) is 4.78. The molecule has 24 heavy (non-hydrogen) atoms. The fraction of sp³-hybridized carbons (Fsp3) is 0.750. The minimum Gasteiger partial charge on any atom is -0.347 e. The molecule has 1 saturated heterocycles. The van der Waals surface area contributed by atoms with Crippen molar-refractivity contribution in [3.63, 3.8) is 0 Å². The highest BCUT2D eigenvalue weighted by Crippen LogP contribution is 2.19. The molecule has 5 nitrogen and oxygen atoms in total. The SMILES string of the molecule is O=C(NCC(F)(F)F)[C@@H]1CCCN(C(=O)NC[C@@H]2CC=CCC2)C1. The quantitative estimate of drug-likeness (QED) is 0.768. The molecule has 0 aromatic heterocycles. The number of piperidine rings is 1. The molecule has 0 unspecified atom stereocenters. The second-order valence-electron chi connectivity index (χ2n) is 6.45. The number of allylic oxidation sites excluding steroid dienone is 2. The average Bonchev–Trinajstić information content (AvgIpc) is 2.58. The van der Waals surface area contributed by atoms with Crippen molar-refractivity contribution in [1.82, 2.24) is 15.5 Å². The normalized spacial score (nSPS) is 24.5. The van der Waals surface area contributed by atoms with Crippen molar-refractivity contribution in [1.29, 1.82) is 0 Å². The lowest BCUT2D eigenvalue weighted by molar-refractivity contribution is -0.141. The van der Waals surface area contributed by atoms with Gasteiger partial charge in [0.05, 0.1) is 5.92 Å². The van der Waals surface area contributed by atoms with E-state index < -0.39 is 24.5 Å². The lowest BCUT2D eigenvalue weighted by Crippen LogP contribution is -2.50. The Bertz CT molecular complexity index is 480. The van der Waals surface area contributed by atoms with E-state index in [0.717, 1.165) is 19.3 Å². The fourth-order valence-corrected chi connectivity index (χ4v) is 3.09. The van der Waals surface area contributed by atoms with Crippen LogP contribution in [0.25, 0.3) is 0 Å². The van der Waals surface area contributed by atoms with Crippen molar-refractivity contribution in [3.8, 4) is 0 Å². The van der Waals surface area contributed by atoms with Crippen LogP contribution in [0.4, 0.5) is 18.0 Å². The summed E-state index contributed by atoms with van der Waals surface area (Å²) in [6, 6.07) is -0.238.